The molecule has 2 aromatic carbocycles. The summed E-state index contributed by atoms with van der Waals surface area (Å²) in [7, 11) is 0. The van der Waals surface area contributed by atoms with Gasteiger partial charge in [-0.25, -0.2) is 4.79 Å². The Morgan fingerprint density at radius 3 is 2.17 bits per heavy atom. The Hall–Kier alpha value is -3.21. The summed E-state index contributed by atoms with van der Waals surface area (Å²) >= 11 is 0. The van der Waals surface area contributed by atoms with E-state index in [0.717, 1.165) is 52.2 Å². The number of fused-ring (bicyclic) bond motifs is 4. The molecule has 6 rings (SSSR count). The number of alkyl halides is 3. The Labute approximate surface area is 206 Å². The standard InChI is InChI=1S/C24H27N5.C2HF3O2/c1-3-7-19-17(5-1)18-6-2-4-8-20(18)24(19)29-13-11-28(12-14-29)16-23-21-15-25-10-9-22(21)26-27-23;3-2(4,5)1(6)7/h1-8,24-25H,9-16H2,(H,26,27);(H,6,7). The number of benzene rings is 2. The number of nitrogens with one attached hydrogen (secondary N) is 2. The summed E-state index contributed by atoms with van der Waals surface area (Å²) in [5, 5.41) is 18.5. The van der Waals surface area contributed by atoms with Crippen molar-refractivity contribution in [1.29, 1.82) is 0 Å². The van der Waals surface area contributed by atoms with Gasteiger partial charge in [-0.15, -0.1) is 0 Å². The number of nitrogens with zero attached hydrogens (tertiary/aromatic N) is 3. The molecule has 0 amide bonds. The second kappa shape index (κ2) is 10.0. The van der Waals surface area contributed by atoms with Gasteiger partial charge in [0.25, 0.3) is 0 Å². The molecular formula is C26H28F3N5O2. The van der Waals surface area contributed by atoms with Crippen molar-refractivity contribution in [2.45, 2.75) is 31.7 Å². The van der Waals surface area contributed by atoms with Gasteiger partial charge in [0.15, 0.2) is 0 Å². The van der Waals surface area contributed by atoms with Crippen LogP contribution >= 0.6 is 0 Å². The number of H-pyrrole nitrogens is 1. The SMILES string of the molecule is O=C(O)C(F)(F)F.c1ccc2c(c1)-c1ccccc1C2N1CCN(Cc2n[nH]c3c2CNCC3)CC1. The molecular weight excluding hydrogens is 471 g/mol. The minimum atomic E-state index is -5.08. The lowest BCUT2D eigenvalue weighted by molar-refractivity contribution is -0.192. The number of aromatic amines is 1. The minimum absolute atomic E-state index is 0.395. The van der Waals surface area contributed by atoms with Crippen molar-refractivity contribution in [1.82, 2.24) is 25.3 Å². The quantitative estimate of drug-likeness (QED) is 0.511. The first-order valence-corrected chi connectivity index (χ1v) is 12.0. The molecule has 0 radical (unpaired) electrons. The van der Waals surface area contributed by atoms with Crippen molar-refractivity contribution in [3.63, 3.8) is 0 Å². The molecule has 0 saturated carbocycles. The average Bonchev–Trinajstić information content (AvgIpc) is 3.44. The van der Waals surface area contributed by atoms with Crippen LogP contribution in [0.4, 0.5) is 13.2 Å². The zero-order chi connectivity index (χ0) is 25.3. The topological polar surface area (TPSA) is 84.5 Å². The van der Waals surface area contributed by atoms with E-state index in [-0.39, 0.29) is 0 Å². The molecule has 36 heavy (non-hydrogen) atoms. The van der Waals surface area contributed by atoms with Gasteiger partial charge in [0.2, 0.25) is 0 Å². The molecule has 1 fully saturated rings. The monoisotopic (exact) mass is 499 g/mol. The van der Waals surface area contributed by atoms with Gasteiger partial charge in [0, 0.05) is 63.5 Å². The summed E-state index contributed by atoms with van der Waals surface area (Å²) in [5.41, 5.74) is 9.72. The van der Waals surface area contributed by atoms with Crippen molar-refractivity contribution in [2.75, 3.05) is 32.7 Å². The third kappa shape index (κ3) is 4.88. The maximum absolute atomic E-state index is 10.6. The lowest BCUT2D eigenvalue weighted by Gasteiger charge is -2.38. The van der Waals surface area contributed by atoms with E-state index in [1.54, 1.807) is 0 Å². The second-order valence-electron chi connectivity index (χ2n) is 9.25. The molecule has 0 bridgehead atoms. The molecule has 10 heteroatoms. The van der Waals surface area contributed by atoms with Crippen LogP contribution in [0.5, 0.6) is 0 Å². The van der Waals surface area contributed by atoms with Crippen LogP contribution in [0.15, 0.2) is 48.5 Å². The van der Waals surface area contributed by atoms with Gasteiger partial charge in [0.1, 0.15) is 0 Å². The predicted octanol–water partition coefficient (Wildman–Crippen LogP) is 3.58. The predicted molar refractivity (Wildman–Crippen MR) is 128 cm³/mol. The smallest absolute Gasteiger partial charge is 0.475 e. The summed E-state index contributed by atoms with van der Waals surface area (Å²) in [6.07, 6.45) is -4.02. The Bertz CT molecular complexity index is 1190. The zero-order valence-electron chi connectivity index (χ0n) is 19.7. The molecule has 2 aliphatic heterocycles. The summed E-state index contributed by atoms with van der Waals surface area (Å²) in [6.45, 7) is 7.34. The molecule has 1 aliphatic carbocycles. The fourth-order valence-corrected chi connectivity index (χ4v) is 5.33. The maximum atomic E-state index is 10.6. The molecule has 3 heterocycles. The van der Waals surface area contributed by atoms with Gasteiger partial charge in [-0.2, -0.15) is 18.3 Å². The van der Waals surface area contributed by atoms with Crippen LogP contribution in [0.1, 0.15) is 34.1 Å². The van der Waals surface area contributed by atoms with Crippen LogP contribution in [-0.2, 0) is 24.3 Å². The number of piperazine rings is 1. The third-order valence-corrected chi connectivity index (χ3v) is 7.08. The van der Waals surface area contributed by atoms with Crippen molar-refractivity contribution < 1.29 is 23.1 Å². The lowest BCUT2D eigenvalue weighted by Crippen LogP contribution is -2.47. The summed E-state index contributed by atoms with van der Waals surface area (Å²) in [5.74, 6) is -2.76. The van der Waals surface area contributed by atoms with E-state index in [0.29, 0.717) is 6.04 Å². The van der Waals surface area contributed by atoms with Crippen molar-refractivity contribution in [3.05, 3.63) is 76.6 Å². The number of carboxylic acid groups (broad SMARTS) is 1. The first-order chi connectivity index (χ1) is 17.3. The van der Waals surface area contributed by atoms with Crippen molar-refractivity contribution in [2.24, 2.45) is 0 Å². The number of hydrogen-bond donors (Lipinski definition) is 3. The van der Waals surface area contributed by atoms with Crippen LogP contribution in [0.25, 0.3) is 11.1 Å². The van der Waals surface area contributed by atoms with Gasteiger partial charge >= 0.3 is 12.1 Å². The first kappa shape index (κ1) is 24.5. The molecule has 3 aliphatic rings. The Morgan fingerprint density at radius 1 is 1.00 bits per heavy atom. The highest BCUT2D eigenvalue weighted by molar-refractivity contribution is 5.78. The number of carboxylic acids is 1. The molecule has 190 valence electrons. The average molecular weight is 500 g/mol. The van der Waals surface area contributed by atoms with Crippen LogP contribution in [0.2, 0.25) is 0 Å². The Morgan fingerprint density at radius 2 is 1.58 bits per heavy atom. The summed E-state index contributed by atoms with van der Waals surface area (Å²) in [6, 6.07) is 18.3. The Kier molecular flexibility index (Phi) is 6.83. The molecule has 3 N–H and O–H groups in total. The van der Waals surface area contributed by atoms with E-state index in [4.69, 9.17) is 9.90 Å². The highest BCUT2D eigenvalue weighted by Gasteiger charge is 2.38. The largest absolute Gasteiger partial charge is 0.490 e. The third-order valence-electron chi connectivity index (χ3n) is 7.08. The van der Waals surface area contributed by atoms with Crippen molar-refractivity contribution >= 4 is 5.97 Å². The normalized spacial score (nSPS) is 18.1. The lowest BCUT2D eigenvalue weighted by atomic mass is 10.0. The van der Waals surface area contributed by atoms with Gasteiger partial charge in [-0.1, -0.05) is 48.5 Å². The van der Waals surface area contributed by atoms with Crippen LogP contribution in [-0.4, -0.2) is 70.0 Å². The van der Waals surface area contributed by atoms with Gasteiger partial charge in [-0.3, -0.25) is 14.9 Å². The number of aromatic nitrogens is 2. The molecule has 0 unspecified atom stereocenters. The molecule has 3 aromatic rings. The number of halogens is 3. The van der Waals surface area contributed by atoms with Gasteiger partial charge in [-0.05, 0) is 22.3 Å². The van der Waals surface area contributed by atoms with E-state index < -0.39 is 12.1 Å². The van der Waals surface area contributed by atoms with E-state index in [2.05, 4.69) is 73.8 Å². The van der Waals surface area contributed by atoms with Crippen LogP contribution < -0.4 is 5.32 Å². The molecule has 7 nitrogen and oxygen atoms in total. The molecule has 0 spiro atoms. The van der Waals surface area contributed by atoms with Crippen molar-refractivity contribution in [3.8, 4) is 11.1 Å². The van der Waals surface area contributed by atoms with E-state index in [1.807, 2.05) is 0 Å². The number of aliphatic carboxylic acids is 1. The van der Waals surface area contributed by atoms with E-state index in [1.165, 1.54) is 39.2 Å². The fourth-order valence-electron chi connectivity index (χ4n) is 5.33. The number of rotatable bonds is 3. The maximum Gasteiger partial charge on any atom is 0.490 e. The van der Waals surface area contributed by atoms with E-state index >= 15 is 0 Å². The molecule has 0 atom stereocenters. The second-order valence-corrected chi connectivity index (χ2v) is 9.25. The van der Waals surface area contributed by atoms with Crippen LogP contribution in [0, 0.1) is 0 Å². The van der Waals surface area contributed by atoms with Crippen LogP contribution in [0.3, 0.4) is 0 Å². The van der Waals surface area contributed by atoms with Gasteiger partial charge in [0.05, 0.1) is 11.7 Å². The van der Waals surface area contributed by atoms with E-state index in [9.17, 15) is 13.2 Å². The van der Waals surface area contributed by atoms with Gasteiger partial charge < -0.3 is 10.4 Å². The highest BCUT2D eigenvalue weighted by Crippen LogP contribution is 2.46. The first-order valence-electron chi connectivity index (χ1n) is 12.0. The number of hydrogen-bond acceptors (Lipinski definition) is 5. The molecule has 1 saturated heterocycles. The summed E-state index contributed by atoms with van der Waals surface area (Å²) < 4.78 is 31.7. The highest BCUT2D eigenvalue weighted by atomic mass is 19.4. The summed E-state index contributed by atoms with van der Waals surface area (Å²) in [4.78, 5) is 14.1. The molecule has 1 aromatic heterocycles. The fraction of sp³-hybridized carbons (Fsp3) is 0.385. The minimum Gasteiger partial charge on any atom is -0.475 e. The number of carbonyl (C=O) groups is 1. The zero-order valence-corrected chi connectivity index (χ0v) is 19.7. The Balaban J connectivity index is 0.000000338.